The van der Waals surface area contributed by atoms with Gasteiger partial charge in [0, 0.05) is 13.2 Å². The van der Waals surface area contributed by atoms with Crippen LogP contribution < -0.4 is 0 Å². The van der Waals surface area contributed by atoms with Gasteiger partial charge in [-0.15, -0.1) is 0 Å². The number of unbranched alkanes of at least 4 members (excludes halogenated alkanes) is 16. The van der Waals surface area contributed by atoms with Crippen molar-refractivity contribution in [1.29, 1.82) is 0 Å². The average Bonchev–Trinajstić information content (AvgIpc) is 2.80. The minimum absolute atomic E-state index is 0.993. The quantitative estimate of drug-likeness (QED) is 0.0965. The molecule has 0 aliphatic heterocycles. The van der Waals surface area contributed by atoms with E-state index in [1.54, 1.807) is 0 Å². The van der Waals surface area contributed by atoms with Gasteiger partial charge < -0.3 is 25.2 Å². The van der Waals surface area contributed by atoms with Crippen LogP contribution in [-0.2, 0) is 19.1 Å². The van der Waals surface area contributed by atoms with Crippen LogP contribution in [0.25, 0.3) is 0 Å². The second-order valence-corrected chi connectivity index (χ2v) is 9.75. The van der Waals surface area contributed by atoms with Crippen molar-refractivity contribution in [1.82, 2.24) is 0 Å². The third-order valence-corrected chi connectivity index (χ3v) is 6.07. The fourth-order valence-corrected chi connectivity index (χ4v) is 3.85. The first kappa shape index (κ1) is 36.5. The summed E-state index contributed by atoms with van der Waals surface area (Å²) in [7, 11) is 0. The summed E-state index contributed by atoms with van der Waals surface area (Å²) < 4.78 is 5.75. The molecule has 214 valence electrons. The zero-order chi connectivity index (χ0) is 27.5. The number of aliphatic hydroxyl groups is 1. The predicted molar refractivity (Wildman–Crippen MR) is 142 cm³/mol. The maximum absolute atomic E-state index is 10.3. The summed E-state index contributed by atoms with van der Waals surface area (Å²) >= 11 is 0. The van der Waals surface area contributed by atoms with E-state index in [0.717, 1.165) is 13.2 Å². The van der Waals surface area contributed by atoms with Gasteiger partial charge in [-0.2, -0.15) is 0 Å². The van der Waals surface area contributed by atoms with Crippen LogP contribution in [0.1, 0.15) is 142 Å². The zero-order valence-corrected chi connectivity index (χ0v) is 23.0. The number of carboxylic acids is 3. The molecule has 0 fully saturated rings. The Hall–Kier alpha value is -1.67. The van der Waals surface area contributed by atoms with Crippen LogP contribution in [0.4, 0.5) is 0 Å². The van der Waals surface area contributed by atoms with E-state index in [4.69, 9.17) is 25.2 Å². The van der Waals surface area contributed by atoms with Gasteiger partial charge in [0.2, 0.25) is 0 Å². The molecule has 0 atom stereocenters. The second kappa shape index (κ2) is 26.4. The second-order valence-electron chi connectivity index (χ2n) is 9.75. The van der Waals surface area contributed by atoms with Gasteiger partial charge in [-0.05, 0) is 12.8 Å². The van der Waals surface area contributed by atoms with Crippen LogP contribution in [0.5, 0.6) is 0 Å². The molecule has 0 saturated carbocycles. The van der Waals surface area contributed by atoms with Crippen molar-refractivity contribution in [3.8, 4) is 0 Å². The topological polar surface area (TPSA) is 141 Å². The molecule has 0 radical (unpaired) electrons. The molecule has 0 aromatic heterocycles. The van der Waals surface area contributed by atoms with Gasteiger partial charge in [-0.1, -0.05) is 117 Å². The van der Waals surface area contributed by atoms with Gasteiger partial charge in [-0.25, -0.2) is 4.79 Å². The molecule has 0 amide bonds. The highest BCUT2D eigenvalue weighted by molar-refractivity contribution is 5.88. The number of hydrogen-bond donors (Lipinski definition) is 4. The maximum Gasteiger partial charge on any atom is 0.336 e. The Morgan fingerprint density at radius 2 is 0.806 bits per heavy atom. The van der Waals surface area contributed by atoms with Crippen LogP contribution in [0.15, 0.2) is 0 Å². The summed E-state index contributed by atoms with van der Waals surface area (Å²) in [6, 6.07) is 0. The van der Waals surface area contributed by atoms with E-state index in [0.29, 0.717) is 0 Å². The van der Waals surface area contributed by atoms with E-state index < -0.39 is 36.4 Å². The standard InChI is InChI=1S/C22H46O.C6H8O7/c1-3-5-7-9-11-13-15-17-19-21-23-22-20-18-16-14-12-10-8-6-4-2;7-3(8)1-6(13,5(11)12)2-4(9)10/h3-22H2,1-2H3;13H,1-2H2,(H,7,8)(H,9,10)(H,11,12). The van der Waals surface area contributed by atoms with Crippen molar-refractivity contribution >= 4 is 17.9 Å². The third-order valence-electron chi connectivity index (χ3n) is 6.07. The van der Waals surface area contributed by atoms with Crippen LogP contribution in [-0.4, -0.2) is 57.1 Å². The van der Waals surface area contributed by atoms with Crippen molar-refractivity contribution in [3.63, 3.8) is 0 Å². The molecule has 0 aromatic rings. The Morgan fingerprint density at radius 3 is 1.06 bits per heavy atom. The van der Waals surface area contributed by atoms with Crippen LogP contribution in [0, 0.1) is 0 Å². The molecule has 0 unspecified atom stereocenters. The van der Waals surface area contributed by atoms with Crippen molar-refractivity contribution in [2.45, 2.75) is 148 Å². The smallest absolute Gasteiger partial charge is 0.336 e. The summed E-state index contributed by atoms with van der Waals surface area (Å²) in [5.41, 5.74) is -2.74. The lowest BCUT2D eigenvalue weighted by Gasteiger charge is -2.18. The predicted octanol–water partition coefficient (Wildman–Crippen LogP) is 6.82. The fourth-order valence-electron chi connectivity index (χ4n) is 3.85. The number of hydrogen-bond acceptors (Lipinski definition) is 5. The van der Waals surface area contributed by atoms with E-state index in [2.05, 4.69) is 13.8 Å². The molecule has 0 aliphatic carbocycles. The van der Waals surface area contributed by atoms with E-state index >= 15 is 0 Å². The molecule has 8 heteroatoms. The number of rotatable bonds is 25. The van der Waals surface area contributed by atoms with Crippen LogP contribution in [0.3, 0.4) is 0 Å². The minimum Gasteiger partial charge on any atom is -0.481 e. The lowest BCUT2D eigenvalue weighted by atomic mass is 9.96. The van der Waals surface area contributed by atoms with Crippen molar-refractivity contribution in [3.05, 3.63) is 0 Å². The first-order valence-corrected chi connectivity index (χ1v) is 14.2. The normalized spacial score (nSPS) is 11.1. The third kappa shape index (κ3) is 26.9. The minimum atomic E-state index is -2.74. The Morgan fingerprint density at radius 1 is 0.528 bits per heavy atom. The first-order chi connectivity index (χ1) is 17.2. The first-order valence-electron chi connectivity index (χ1n) is 14.2. The number of ether oxygens (including phenoxy) is 1. The van der Waals surface area contributed by atoms with E-state index in [-0.39, 0.29) is 0 Å². The Kier molecular flexibility index (Phi) is 26.8. The molecule has 4 N–H and O–H groups in total. The Balaban J connectivity index is 0. The lowest BCUT2D eigenvalue weighted by molar-refractivity contribution is -0.170. The average molecular weight is 519 g/mol. The molecule has 8 nitrogen and oxygen atoms in total. The van der Waals surface area contributed by atoms with Crippen molar-refractivity contribution in [2.75, 3.05) is 13.2 Å². The van der Waals surface area contributed by atoms with E-state index in [1.807, 2.05) is 0 Å². The monoisotopic (exact) mass is 518 g/mol. The molecule has 0 rings (SSSR count). The summed E-state index contributed by atoms with van der Waals surface area (Å²) in [5.74, 6) is -5.02. The molecule has 36 heavy (non-hydrogen) atoms. The number of carbonyl (C=O) groups is 3. The van der Waals surface area contributed by atoms with Gasteiger partial charge in [-0.3, -0.25) is 9.59 Å². The van der Waals surface area contributed by atoms with Crippen molar-refractivity contribution < 1.29 is 39.5 Å². The van der Waals surface area contributed by atoms with E-state index in [1.165, 1.54) is 116 Å². The molecular formula is C28H54O8. The highest BCUT2D eigenvalue weighted by Gasteiger charge is 2.40. The van der Waals surface area contributed by atoms with Gasteiger partial charge >= 0.3 is 17.9 Å². The summed E-state index contributed by atoms with van der Waals surface area (Å²) in [6.07, 6.45) is 22.9. The molecular weight excluding hydrogens is 464 g/mol. The zero-order valence-electron chi connectivity index (χ0n) is 23.0. The Bertz CT molecular complexity index is 500. The van der Waals surface area contributed by atoms with Gasteiger partial charge in [0.1, 0.15) is 0 Å². The van der Waals surface area contributed by atoms with Crippen LogP contribution >= 0.6 is 0 Å². The summed E-state index contributed by atoms with van der Waals surface area (Å²) in [4.78, 5) is 30.5. The van der Waals surface area contributed by atoms with Gasteiger partial charge in [0.15, 0.2) is 5.60 Å². The maximum atomic E-state index is 10.3. The molecule has 0 saturated heterocycles. The molecule has 0 heterocycles. The molecule has 0 spiro atoms. The van der Waals surface area contributed by atoms with Crippen molar-refractivity contribution in [2.24, 2.45) is 0 Å². The lowest BCUT2D eigenvalue weighted by Crippen LogP contribution is -2.42. The largest absolute Gasteiger partial charge is 0.481 e. The SMILES string of the molecule is CCCCCCCCCCCOCCCCCCCCCCC.O=C(O)CC(O)(CC(=O)O)C(=O)O. The summed E-state index contributed by atoms with van der Waals surface area (Å²) in [6.45, 7) is 6.56. The fraction of sp³-hybridized carbons (Fsp3) is 0.893. The highest BCUT2D eigenvalue weighted by Crippen LogP contribution is 2.16. The molecule has 0 aromatic carbocycles. The highest BCUT2D eigenvalue weighted by atomic mass is 16.5. The summed E-state index contributed by atoms with van der Waals surface area (Å²) in [5, 5.41) is 33.8. The number of aliphatic carboxylic acids is 3. The Labute approximate surface area is 218 Å². The van der Waals surface area contributed by atoms with E-state index in [9.17, 15) is 14.4 Å². The van der Waals surface area contributed by atoms with Gasteiger partial charge in [0.05, 0.1) is 12.8 Å². The van der Waals surface area contributed by atoms with Gasteiger partial charge in [0.25, 0.3) is 0 Å². The molecule has 0 bridgehead atoms. The van der Waals surface area contributed by atoms with Crippen LogP contribution in [0.2, 0.25) is 0 Å². The number of carboxylic acid groups (broad SMARTS) is 3. The molecule has 0 aliphatic rings.